The van der Waals surface area contributed by atoms with Crippen molar-refractivity contribution in [3.63, 3.8) is 0 Å². The van der Waals surface area contributed by atoms with E-state index < -0.39 is 42.3 Å². The minimum Gasteiger partial charge on any atom is -0.490 e. The number of alkyl carbamates (subject to hydrolysis) is 2. The molecule has 2 unspecified atom stereocenters. The molecule has 53 heavy (non-hydrogen) atoms. The SMILES string of the molecule is C=C(C)C(=O)OCCCNC(=O)OC(COC(=O)C(=C)C)COc1cccc(OCC(COc2ccccc2)OC(=O)NCCCOC(=O)C(=C)C)c1. The molecule has 0 heterocycles. The summed E-state index contributed by atoms with van der Waals surface area (Å²) in [6, 6.07) is 15.5. The number of amides is 2. The molecule has 2 atom stereocenters. The van der Waals surface area contributed by atoms with Gasteiger partial charge in [0.2, 0.25) is 0 Å². The van der Waals surface area contributed by atoms with Gasteiger partial charge in [-0.25, -0.2) is 24.0 Å². The van der Waals surface area contributed by atoms with Crippen molar-refractivity contribution in [2.45, 2.75) is 45.8 Å². The molecule has 288 valence electrons. The molecule has 2 N–H and O–H groups in total. The van der Waals surface area contributed by atoms with Gasteiger partial charge in [0.05, 0.1) is 13.2 Å². The number of hydrogen-bond donors (Lipinski definition) is 2. The molecule has 2 amide bonds. The molecule has 2 rings (SSSR count). The Balaban J connectivity index is 1.96. The van der Waals surface area contributed by atoms with Crippen LogP contribution in [0.25, 0.3) is 0 Å². The number of nitrogens with one attached hydrogen (secondary N) is 2. The van der Waals surface area contributed by atoms with E-state index in [4.69, 9.17) is 37.9 Å². The van der Waals surface area contributed by atoms with Crippen molar-refractivity contribution >= 4 is 30.1 Å². The third kappa shape index (κ3) is 19.3. The molecule has 0 aromatic heterocycles. The summed E-state index contributed by atoms with van der Waals surface area (Å²) < 4.78 is 43.7. The number of para-hydroxylation sites is 1. The van der Waals surface area contributed by atoms with Crippen LogP contribution in [0.1, 0.15) is 33.6 Å². The molecule has 0 spiro atoms. The normalized spacial score (nSPS) is 11.4. The molecule has 0 aliphatic heterocycles. The Morgan fingerprint density at radius 1 is 0.547 bits per heavy atom. The van der Waals surface area contributed by atoms with Gasteiger partial charge < -0.3 is 48.5 Å². The lowest BCUT2D eigenvalue weighted by Gasteiger charge is -2.20. The maximum absolute atomic E-state index is 12.5. The summed E-state index contributed by atoms with van der Waals surface area (Å²) in [7, 11) is 0. The van der Waals surface area contributed by atoms with E-state index in [0.717, 1.165) is 0 Å². The lowest BCUT2D eigenvalue weighted by atomic mass is 10.3. The Labute approximate surface area is 309 Å². The maximum Gasteiger partial charge on any atom is 0.407 e. The number of hydrogen-bond acceptors (Lipinski definition) is 13. The van der Waals surface area contributed by atoms with Gasteiger partial charge in [-0.15, -0.1) is 0 Å². The summed E-state index contributed by atoms with van der Waals surface area (Å²) >= 11 is 0. The highest BCUT2D eigenvalue weighted by Gasteiger charge is 2.20. The van der Waals surface area contributed by atoms with Crippen LogP contribution in [-0.2, 0) is 38.1 Å². The summed E-state index contributed by atoms with van der Waals surface area (Å²) in [5.74, 6) is -0.428. The Hall–Kier alpha value is -5.99. The highest BCUT2D eigenvalue weighted by atomic mass is 16.6. The Bertz CT molecular complexity index is 1540. The van der Waals surface area contributed by atoms with Gasteiger partial charge in [-0.3, -0.25) is 0 Å². The molecule has 15 nitrogen and oxygen atoms in total. The van der Waals surface area contributed by atoms with Crippen molar-refractivity contribution < 1.29 is 61.9 Å². The van der Waals surface area contributed by atoms with E-state index in [1.165, 1.54) is 13.8 Å². The van der Waals surface area contributed by atoms with Crippen LogP contribution in [0.15, 0.2) is 91.1 Å². The van der Waals surface area contributed by atoms with E-state index in [9.17, 15) is 24.0 Å². The molecule has 0 radical (unpaired) electrons. The van der Waals surface area contributed by atoms with Crippen LogP contribution < -0.4 is 24.8 Å². The number of benzene rings is 2. The standard InChI is InChI=1S/C38H48N2O13/c1-26(2)34(41)46-19-11-17-39-37(44)52-32(22-48-29-13-8-7-9-14-29)23-49-30-15-10-16-31(21-30)50-24-33(25-51-36(43)28(5)6)53-38(45)40-18-12-20-47-35(42)27(3)4/h7-10,13-16,21,32-33H,1,3,5,11-12,17-20,22-25H2,2,4,6H3,(H,39,44)(H,40,45). The molecular weight excluding hydrogens is 692 g/mol. The van der Waals surface area contributed by atoms with Gasteiger partial charge in [-0.2, -0.15) is 0 Å². The Morgan fingerprint density at radius 2 is 0.943 bits per heavy atom. The fraction of sp³-hybridized carbons (Fsp3) is 0.395. The predicted molar refractivity (Wildman–Crippen MR) is 192 cm³/mol. The largest absolute Gasteiger partial charge is 0.490 e. The summed E-state index contributed by atoms with van der Waals surface area (Å²) in [6.45, 7) is 15.0. The Morgan fingerprint density at radius 3 is 1.40 bits per heavy atom. The number of rotatable bonds is 24. The van der Waals surface area contributed by atoms with Gasteiger partial charge >= 0.3 is 30.1 Å². The zero-order chi connectivity index (χ0) is 39.0. The van der Waals surface area contributed by atoms with Gasteiger partial charge in [0.25, 0.3) is 0 Å². The first kappa shape index (κ1) is 43.2. The zero-order valence-corrected chi connectivity index (χ0v) is 30.4. The second-order valence-corrected chi connectivity index (χ2v) is 11.5. The topological polar surface area (TPSA) is 183 Å². The van der Waals surface area contributed by atoms with Crippen molar-refractivity contribution in [2.24, 2.45) is 0 Å². The van der Waals surface area contributed by atoms with Crippen LogP contribution in [0.4, 0.5) is 9.59 Å². The second-order valence-electron chi connectivity index (χ2n) is 11.5. The highest BCUT2D eigenvalue weighted by molar-refractivity contribution is 5.87. The van der Waals surface area contributed by atoms with Gasteiger partial charge in [0.15, 0.2) is 12.2 Å². The quantitative estimate of drug-likeness (QED) is 0.0645. The average Bonchev–Trinajstić information content (AvgIpc) is 3.13. The molecule has 0 saturated heterocycles. The number of ether oxygens (including phenoxy) is 8. The first-order valence-corrected chi connectivity index (χ1v) is 16.7. The lowest BCUT2D eigenvalue weighted by molar-refractivity contribution is -0.142. The molecule has 0 bridgehead atoms. The second kappa shape index (κ2) is 24.2. The molecule has 0 saturated carbocycles. The van der Waals surface area contributed by atoms with Crippen molar-refractivity contribution in [3.05, 3.63) is 91.1 Å². The number of esters is 3. The van der Waals surface area contributed by atoms with E-state index >= 15 is 0 Å². The average molecular weight is 741 g/mol. The van der Waals surface area contributed by atoms with E-state index in [0.29, 0.717) is 30.1 Å². The fourth-order valence-electron chi connectivity index (χ4n) is 3.75. The summed E-state index contributed by atoms with van der Waals surface area (Å²) in [6.07, 6.45) is -2.66. The van der Waals surface area contributed by atoms with E-state index in [2.05, 4.69) is 30.4 Å². The zero-order valence-electron chi connectivity index (χ0n) is 30.4. The van der Waals surface area contributed by atoms with Crippen LogP contribution in [0, 0.1) is 0 Å². The van der Waals surface area contributed by atoms with Crippen molar-refractivity contribution in [3.8, 4) is 17.2 Å². The van der Waals surface area contributed by atoms with Crippen LogP contribution >= 0.6 is 0 Å². The van der Waals surface area contributed by atoms with Crippen LogP contribution in [-0.4, -0.2) is 95.0 Å². The monoisotopic (exact) mass is 740 g/mol. The number of carbonyl (C=O) groups is 5. The summed E-state index contributed by atoms with van der Waals surface area (Å²) in [5, 5.41) is 5.15. The van der Waals surface area contributed by atoms with E-state index in [1.807, 2.05) is 6.07 Å². The molecular formula is C38H48N2O13. The first-order valence-electron chi connectivity index (χ1n) is 16.7. The Kier molecular flexibility index (Phi) is 19.7. The van der Waals surface area contributed by atoms with Gasteiger partial charge in [-0.1, -0.05) is 44.0 Å². The minimum absolute atomic E-state index is 0.0204. The van der Waals surface area contributed by atoms with Crippen molar-refractivity contribution in [2.75, 3.05) is 52.7 Å². The molecule has 0 fully saturated rings. The third-order valence-electron chi connectivity index (χ3n) is 6.50. The third-order valence-corrected chi connectivity index (χ3v) is 6.50. The van der Waals surface area contributed by atoms with Crippen LogP contribution in [0.5, 0.6) is 17.2 Å². The predicted octanol–water partition coefficient (Wildman–Crippen LogP) is 4.85. The highest BCUT2D eigenvalue weighted by Crippen LogP contribution is 2.21. The van der Waals surface area contributed by atoms with Crippen LogP contribution in [0.2, 0.25) is 0 Å². The lowest BCUT2D eigenvalue weighted by Crippen LogP contribution is -2.36. The van der Waals surface area contributed by atoms with Crippen LogP contribution in [0.3, 0.4) is 0 Å². The molecule has 15 heteroatoms. The van der Waals surface area contributed by atoms with Gasteiger partial charge in [0.1, 0.15) is 43.7 Å². The summed E-state index contributed by atoms with van der Waals surface area (Å²) in [4.78, 5) is 60.0. The van der Waals surface area contributed by atoms with E-state index in [1.54, 1.807) is 55.5 Å². The molecule has 2 aromatic carbocycles. The van der Waals surface area contributed by atoms with Crippen molar-refractivity contribution in [1.82, 2.24) is 10.6 Å². The molecule has 0 aliphatic carbocycles. The minimum atomic E-state index is -1.01. The fourth-order valence-corrected chi connectivity index (χ4v) is 3.75. The van der Waals surface area contributed by atoms with Crippen molar-refractivity contribution in [1.29, 1.82) is 0 Å². The first-order chi connectivity index (χ1) is 25.3. The summed E-state index contributed by atoms with van der Waals surface area (Å²) in [5.41, 5.74) is 0.714. The number of carbonyl (C=O) groups excluding carboxylic acids is 5. The van der Waals surface area contributed by atoms with Gasteiger partial charge in [-0.05, 0) is 57.9 Å². The molecule has 0 aliphatic rings. The maximum atomic E-state index is 12.5. The smallest absolute Gasteiger partial charge is 0.407 e. The molecule has 2 aromatic rings. The van der Waals surface area contributed by atoms with E-state index in [-0.39, 0.29) is 69.5 Å². The van der Waals surface area contributed by atoms with Gasteiger partial charge in [0, 0.05) is 35.9 Å².